The van der Waals surface area contributed by atoms with Crippen molar-refractivity contribution in [2.24, 2.45) is 0 Å². The molecule has 94 valence electrons. The Morgan fingerprint density at radius 2 is 2.06 bits per heavy atom. The highest BCUT2D eigenvalue weighted by Gasteiger charge is 2.12. The number of ketones is 1. The first-order valence-electron chi connectivity index (χ1n) is 5.74. The zero-order chi connectivity index (χ0) is 12.8. The van der Waals surface area contributed by atoms with Gasteiger partial charge in [0, 0.05) is 25.5 Å². The number of ether oxygens (including phenoxy) is 2. The van der Waals surface area contributed by atoms with E-state index < -0.39 is 0 Å². The molecule has 0 spiro atoms. The number of hydrogen-bond acceptors (Lipinski definition) is 3. The van der Waals surface area contributed by atoms with Crippen molar-refractivity contribution < 1.29 is 14.3 Å². The van der Waals surface area contributed by atoms with E-state index in [1.807, 2.05) is 32.0 Å². The molecular formula is C14H20O3. The second-order valence-corrected chi connectivity index (χ2v) is 4.28. The molecule has 0 radical (unpaired) electrons. The Labute approximate surface area is 103 Å². The Hall–Kier alpha value is -1.35. The van der Waals surface area contributed by atoms with E-state index in [1.54, 1.807) is 14.2 Å². The number of rotatable bonds is 6. The molecule has 1 rings (SSSR count). The third-order valence-electron chi connectivity index (χ3n) is 2.74. The van der Waals surface area contributed by atoms with Crippen molar-refractivity contribution in [3.63, 3.8) is 0 Å². The van der Waals surface area contributed by atoms with E-state index in [0.717, 1.165) is 16.9 Å². The lowest BCUT2D eigenvalue weighted by Crippen LogP contribution is -2.14. The van der Waals surface area contributed by atoms with Crippen LogP contribution in [0.5, 0.6) is 5.75 Å². The van der Waals surface area contributed by atoms with Gasteiger partial charge in [0.2, 0.25) is 0 Å². The number of aryl methyl sites for hydroxylation is 1. The van der Waals surface area contributed by atoms with Gasteiger partial charge in [-0.25, -0.2) is 0 Å². The van der Waals surface area contributed by atoms with Crippen LogP contribution in [0, 0.1) is 6.92 Å². The van der Waals surface area contributed by atoms with E-state index >= 15 is 0 Å². The molecule has 0 fully saturated rings. The van der Waals surface area contributed by atoms with Crippen LogP contribution in [0.4, 0.5) is 0 Å². The maximum atomic E-state index is 11.8. The van der Waals surface area contributed by atoms with Crippen molar-refractivity contribution in [2.45, 2.75) is 32.8 Å². The number of carbonyl (C=O) groups is 1. The van der Waals surface area contributed by atoms with E-state index in [1.165, 1.54) is 0 Å². The molecule has 0 aliphatic heterocycles. The van der Waals surface area contributed by atoms with Crippen LogP contribution in [0.25, 0.3) is 0 Å². The monoisotopic (exact) mass is 236 g/mol. The second-order valence-electron chi connectivity index (χ2n) is 4.28. The van der Waals surface area contributed by atoms with Gasteiger partial charge < -0.3 is 9.47 Å². The largest absolute Gasteiger partial charge is 0.496 e. The number of benzene rings is 1. The van der Waals surface area contributed by atoms with Gasteiger partial charge in [-0.1, -0.05) is 17.7 Å². The molecule has 0 heterocycles. The van der Waals surface area contributed by atoms with Gasteiger partial charge in [0.25, 0.3) is 0 Å². The summed E-state index contributed by atoms with van der Waals surface area (Å²) in [6.07, 6.45) is 0.810. The average Bonchev–Trinajstić information content (AvgIpc) is 2.29. The minimum atomic E-state index is -0.0293. The topological polar surface area (TPSA) is 35.5 Å². The Bertz CT molecular complexity index is 385. The van der Waals surface area contributed by atoms with Gasteiger partial charge in [-0.05, 0) is 19.9 Å². The Balaban J connectivity index is 2.73. The fraction of sp³-hybridized carbons (Fsp3) is 0.500. The lowest BCUT2D eigenvalue weighted by molar-refractivity contribution is -0.120. The first-order chi connectivity index (χ1) is 8.06. The molecule has 1 aromatic rings. The molecule has 0 bridgehead atoms. The van der Waals surface area contributed by atoms with Crippen LogP contribution in [0.3, 0.4) is 0 Å². The number of Topliss-reactive ketones (excluding diaryl/α,β-unsaturated/α-hetero) is 1. The molecule has 1 unspecified atom stereocenters. The van der Waals surface area contributed by atoms with E-state index in [-0.39, 0.29) is 11.9 Å². The molecule has 0 saturated heterocycles. The van der Waals surface area contributed by atoms with Crippen LogP contribution >= 0.6 is 0 Å². The van der Waals surface area contributed by atoms with Crippen LogP contribution in [-0.2, 0) is 16.0 Å². The van der Waals surface area contributed by atoms with Gasteiger partial charge in [-0.2, -0.15) is 0 Å². The zero-order valence-corrected chi connectivity index (χ0v) is 10.9. The first kappa shape index (κ1) is 13.7. The molecule has 1 aromatic carbocycles. The van der Waals surface area contributed by atoms with Gasteiger partial charge in [-0.3, -0.25) is 4.79 Å². The van der Waals surface area contributed by atoms with Crippen molar-refractivity contribution >= 4 is 5.78 Å². The normalized spacial score (nSPS) is 12.2. The van der Waals surface area contributed by atoms with Gasteiger partial charge in [-0.15, -0.1) is 0 Å². The van der Waals surface area contributed by atoms with Gasteiger partial charge in [0.1, 0.15) is 11.5 Å². The zero-order valence-electron chi connectivity index (χ0n) is 10.9. The van der Waals surface area contributed by atoms with Crippen LogP contribution < -0.4 is 4.74 Å². The predicted molar refractivity (Wildman–Crippen MR) is 67.5 cm³/mol. The van der Waals surface area contributed by atoms with Crippen molar-refractivity contribution in [1.82, 2.24) is 0 Å². The van der Waals surface area contributed by atoms with Crippen molar-refractivity contribution in [1.29, 1.82) is 0 Å². The predicted octanol–water partition coefficient (Wildman–Crippen LogP) is 2.54. The lowest BCUT2D eigenvalue weighted by atomic mass is 10.0. The fourth-order valence-electron chi connectivity index (χ4n) is 1.73. The van der Waals surface area contributed by atoms with Crippen molar-refractivity contribution in [3.05, 3.63) is 29.3 Å². The van der Waals surface area contributed by atoms with Crippen LogP contribution in [0.1, 0.15) is 24.5 Å². The van der Waals surface area contributed by atoms with E-state index in [9.17, 15) is 4.79 Å². The molecule has 1 atom stereocenters. The van der Waals surface area contributed by atoms with Crippen LogP contribution in [0.2, 0.25) is 0 Å². The van der Waals surface area contributed by atoms with Crippen molar-refractivity contribution in [3.8, 4) is 5.75 Å². The molecule has 0 aliphatic carbocycles. The fourth-order valence-corrected chi connectivity index (χ4v) is 1.73. The van der Waals surface area contributed by atoms with Gasteiger partial charge >= 0.3 is 0 Å². The summed E-state index contributed by atoms with van der Waals surface area (Å²) in [5, 5.41) is 0. The number of hydrogen-bond donors (Lipinski definition) is 0. The molecule has 0 saturated carbocycles. The van der Waals surface area contributed by atoms with Crippen LogP contribution in [0.15, 0.2) is 18.2 Å². The van der Waals surface area contributed by atoms with E-state index in [4.69, 9.17) is 9.47 Å². The Morgan fingerprint density at radius 3 is 2.65 bits per heavy atom. The van der Waals surface area contributed by atoms with Gasteiger partial charge in [0.05, 0.1) is 13.2 Å². The highest BCUT2D eigenvalue weighted by Crippen LogP contribution is 2.21. The highest BCUT2D eigenvalue weighted by atomic mass is 16.5. The highest BCUT2D eigenvalue weighted by molar-refractivity contribution is 5.82. The Kier molecular flexibility index (Phi) is 5.16. The molecule has 0 N–H and O–H groups in total. The smallest absolute Gasteiger partial charge is 0.139 e. The standard InChI is InChI=1S/C14H20O3/c1-10-5-6-14(17-4)12(7-10)9-13(15)8-11(2)16-3/h5-7,11H,8-9H2,1-4H3. The third-order valence-corrected chi connectivity index (χ3v) is 2.74. The second kappa shape index (κ2) is 6.40. The summed E-state index contributed by atoms with van der Waals surface area (Å²) in [4.78, 5) is 11.8. The summed E-state index contributed by atoms with van der Waals surface area (Å²) in [5.41, 5.74) is 2.08. The van der Waals surface area contributed by atoms with E-state index in [0.29, 0.717) is 12.8 Å². The summed E-state index contributed by atoms with van der Waals surface area (Å²) in [6, 6.07) is 5.87. The molecule has 0 amide bonds. The molecule has 3 nitrogen and oxygen atoms in total. The molecule has 17 heavy (non-hydrogen) atoms. The summed E-state index contributed by atoms with van der Waals surface area (Å²) < 4.78 is 10.3. The first-order valence-corrected chi connectivity index (χ1v) is 5.74. The molecule has 3 heteroatoms. The van der Waals surface area contributed by atoms with Crippen molar-refractivity contribution in [2.75, 3.05) is 14.2 Å². The number of carbonyl (C=O) groups excluding carboxylic acids is 1. The van der Waals surface area contributed by atoms with Crippen LogP contribution in [-0.4, -0.2) is 26.1 Å². The average molecular weight is 236 g/mol. The summed E-state index contributed by atoms with van der Waals surface area (Å²) >= 11 is 0. The number of methoxy groups -OCH3 is 2. The molecule has 0 aliphatic rings. The summed E-state index contributed by atoms with van der Waals surface area (Å²) in [5.74, 6) is 0.942. The van der Waals surface area contributed by atoms with Gasteiger partial charge in [0.15, 0.2) is 0 Å². The SMILES string of the molecule is COc1ccc(C)cc1CC(=O)CC(C)OC. The summed E-state index contributed by atoms with van der Waals surface area (Å²) in [6.45, 7) is 3.90. The quantitative estimate of drug-likeness (QED) is 0.761. The lowest BCUT2D eigenvalue weighted by Gasteiger charge is -2.11. The minimum absolute atomic E-state index is 0.0293. The molecular weight excluding hydrogens is 216 g/mol. The maximum absolute atomic E-state index is 11.8. The summed E-state index contributed by atoms with van der Waals surface area (Å²) in [7, 11) is 3.24. The maximum Gasteiger partial charge on any atom is 0.139 e. The minimum Gasteiger partial charge on any atom is -0.496 e. The Morgan fingerprint density at radius 1 is 1.35 bits per heavy atom. The molecule has 0 aromatic heterocycles. The van der Waals surface area contributed by atoms with E-state index in [2.05, 4.69) is 0 Å². The third kappa shape index (κ3) is 4.19.